The van der Waals surface area contributed by atoms with E-state index in [-0.39, 0.29) is 22.8 Å². The van der Waals surface area contributed by atoms with Crippen molar-refractivity contribution in [2.24, 2.45) is 0 Å². The molecule has 0 bridgehead atoms. The SMILES string of the molecule is CCCCCCCCS(=O)(=O)[O-].CCOC(=O)OC1CC[S+](c2cccc3ccccc23)C1. The molecular weight excluding hydrogens is 460 g/mol. The Kier molecular flexibility index (Phi) is 12.1. The fourth-order valence-corrected chi connectivity index (χ4v) is 6.87. The molecule has 184 valence electrons. The molecule has 0 saturated carbocycles. The Morgan fingerprint density at radius 1 is 1.03 bits per heavy atom. The minimum Gasteiger partial charge on any atom is -0.748 e. The summed E-state index contributed by atoms with van der Waals surface area (Å²) in [5, 5.41) is 2.59. The standard InChI is InChI=1S/C17H19O3S.C8H18O3S/c1-2-19-17(18)20-14-10-11-21(12-14)16-9-5-7-13-6-3-4-8-15(13)16;1-2-3-4-5-6-7-8-12(9,10)11/h3-9,14H,2,10-12H2,1H3;2-8H2,1H3,(H,9,10,11)/q+1;/p-1. The van der Waals surface area contributed by atoms with Gasteiger partial charge in [-0.1, -0.05) is 69.4 Å². The highest BCUT2D eigenvalue weighted by atomic mass is 32.2. The monoisotopic (exact) mass is 496 g/mol. The van der Waals surface area contributed by atoms with Crippen LogP contribution in [-0.2, 0) is 30.5 Å². The topological polar surface area (TPSA) is 92.7 Å². The van der Waals surface area contributed by atoms with Crippen LogP contribution in [0.3, 0.4) is 0 Å². The third kappa shape index (κ3) is 10.4. The fourth-order valence-electron chi connectivity index (χ4n) is 3.75. The van der Waals surface area contributed by atoms with Gasteiger partial charge in [0.15, 0.2) is 16.8 Å². The van der Waals surface area contributed by atoms with Crippen molar-refractivity contribution < 1.29 is 27.2 Å². The first-order valence-electron chi connectivity index (χ1n) is 11.8. The van der Waals surface area contributed by atoms with E-state index in [9.17, 15) is 17.8 Å². The molecule has 1 aliphatic heterocycles. The molecule has 1 saturated heterocycles. The van der Waals surface area contributed by atoms with Crippen molar-refractivity contribution in [1.82, 2.24) is 0 Å². The number of fused-ring (bicyclic) bond motifs is 1. The average molecular weight is 497 g/mol. The lowest BCUT2D eigenvalue weighted by atomic mass is 10.1. The van der Waals surface area contributed by atoms with E-state index >= 15 is 0 Å². The summed E-state index contributed by atoms with van der Waals surface area (Å²) in [4.78, 5) is 12.8. The number of ether oxygens (including phenoxy) is 2. The Hall–Kier alpha value is -1.77. The number of benzene rings is 2. The number of hydrogen-bond acceptors (Lipinski definition) is 6. The van der Waals surface area contributed by atoms with Gasteiger partial charge in [-0.3, -0.25) is 0 Å². The van der Waals surface area contributed by atoms with E-state index in [4.69, 9.17) is 9.47 Å². The summed E-state index contributed by atoms with van der Waals surface area (Å²) in [6, 6.07) is 14.9. The van der Waals surface area contributed by atoms with Crippen LogP contribution in [0.2, 0.25) is 0 Å². The predicted octanol–water partition coefficient (Wildman–Crippen LogP) is 5.65. The molecule has 0 N–H and O–H groups in total. The fraction of sp³-hybridized carbons (Fsp3) is 0.560. The van der Waals surface area contributed by atoms with Gasteiger partial charge in [0.05, 0.1) is 16.7 Å². The van der Waals surface area contributed by atoms with E-state index in [1.807, 2.05) is 0 Å². The quantitative estimate of drug-likeness (QED) is 0.182. The van der Waals surface area contributed by atoms with E-state index in [1.165, 1.54) is 28.5 Å². The van der Waals surface area contributed by atoms with Crippen LogP contribution in [0.15, 0.2) is 47.4 Å². The summed E-state index contributed by atoms with van der Waals surface area (Å²) in [7, 11) is -3.82. The molecule has 2 unspecified atom stereocenters. The van der Waals surface area contributed by atoms with E-state index in [0.29, 0.717) is 13.0 Å². The first kappa shape index (κ1) is 27.5. The Morgan fingerprint density at radius 2 is 1.73 bits per heavy atom. The van der Waals surface area contributed by atoms with Crippen LogP contribution < -0.4 is 0 Å². The highest BCUT2D eigenvalue weighted by Gasteiger charge is 2.38. The molecule has 6 nitrogen and oxygen atoms in total. The van der Waals surface area contributed by atoms with Gasteiger partial charge in [0.2, 0.25) is 0 Å². The largest absolute Gasteiger partial charge is 0.748 e. The maximum Gasteiger partial charge on any atom is 0.508 e. The molecule has 33 heavy (non-hydrogen) atoms. The second kappa shape index (κ2) is 14.5. The highest BCUT2D eigenvalue weighted by molar-refractivity contribution is 7.97. The van der Waals surface area contributed by atoms with Crippen LogP contribution in [0.1, 0.15) is 58.8 Å². The molecule has 1 heterocycles. The van der Waals surface area contributed by atoms with Gasteiger partial charge < -0.3 is 14.0 Å². The number of unbranched alkanes of at least 4 members (excludes halogenated alkanes) is 5. The summed E-state index contributed by atoms with van der Waals surface area (Å²) < 4.78 is 40.7. The Bertz CT molecular complexity index is 955. The van der Waals surface area contributed by atoms with E-state index in [1.54, 1.807) is 6.92 Å². The molecule has 2 aromatic rings. The molecule has 3 rings (SSSR count). The number of carbonyl (C=O) groups is 1. The normalized spacial score (nSPS) is 17.9. The Morgan fingerprint density at radius 3 is 2.45 bits per heavy atom. The summed E-state index contributed by atoms with van der Waals surface area (Å²) in [6.45, 7) is 4.28. The van der Waals surface area contributed by atoms with E-state index in [2.05, 4.69) is 49.4 Å². The van der Waals surface area contributed by atoms with Gasteiger partial charge in [0.1, 0.15) is 5.75 Å². The first-order chi connectivity index (χ1) is 15.8. The van der Waals surface area contributed by atoms with Crippen molar-refractivity contribution in [1.29, 1.82) is 0 Å². The van der Waals surface area contributed by atoms with Crippen molar-refractivity contribution in [2.75, 3.05) is 23.9 Å². The molecule has 0 radical (unpaired) electrons. The molecule has 8 heteroatoms. The predicted molar refractivity (Wildman–Crippen MR) is 134 cm³/mol. The lowest BCUT2D eigenvalue weighted by molar-refractivity contribution is 0.0345. The summed E-state index contributed by atoms with van der Waals surface area (Å²) in [5.74, 6) is 1.80. The van der Waals surface area contributed by atoms with Gasteiger partial charge in [0, 0.05) is 28.5 Å². The minimum atomic E-state index is -3.97. The Balaban J connectivity index is 0.000000277. The molecule has 1 fully saturated rings. The van der Waals surface area contributed by atoms with Crippen LogP contribution in [0, 0.1) is 0 Å². The zero-order valence-electron chi connectivity index (χ0n) is 19.7. The van der Waals surface area contributed by atoms with Gasteiger partial charge in [-0.05, 0) is 30.9 Å². The smallest absolute Gasteiger partial charge is 0.508 e. The van der Waals surface area contributed by atoms with Gasteiger partial charge in [-0.15, -0.1) is 0 Å². The van der Waals surface area contributed by atoms with Crippen molar-refractivity contribution >= 4 is 37.9 Å². The maximum atomic E-state index is 11.4. The number of hydrogen-bond donors (Lipinski definition) is 0. The second-order valence-corrected chi connectivity index (χ2v) is 11.8. The lowest BCUT2D eigenvalue weighted by Gasteiger charge is -2.08. The third-order valence-corrected chi connectivity index (χ3v) is 8.68. The van der Waals surface area contributed by atoms with Crippen LogP contribution in [0.4, 0.5) is 4.79 Å². The zero-order valence-corrected chi connectivity index (χ0v) is 21.3. The molecule has 2 atom stereocenters. The summed E-state index contributed by atoms with van der Waals surface area (Å²) >= 11 is 0. The van der Waals surface area contributed by atoms with Gasteiger partial charge in [-0.25, -0.2) is 13.2 Å². The highest BCUT2D eigenvalue weighted by Crippen LogP contribution is 2.30. The maximum absolute atomic E-state index is 11.4. The number of carbonyl (C=O) groups excluding carboxylic acids is 1. The van der Waals surface area contributed by atoms with E-state index in [0.717, 1.165) is 37.2 Å². The van der Waals surface area contributed by atoms with Gasteiger partial charge >= 0.3 is 6.16 Å². The Labute approximate surface area is 201 Å². The van der Waals surface area contributed by atoms with Crippen LogP contribution in [0.25, 0.3) is 10.8 Å². The lowest BCUT2D eigenvalue weighted by Crippen LogP contribution is -2.20. The average Bonchev–Trinajstić information content (AvgIpc) is 3.24. The molecule has 0 aromatic heterocycles. The molecular formula is C25H36O6S2. The van der Waals surface area contributed by atoms with Gasteiger partial charge in [-0.2, -0.15) is 0 Å². The third-order valence-electron chi connectivity index (χ3n) is 5.41. The first-order valence-corrected chi connectivity index (χ1v) is 14.9. The number of rotatable bonds is 10. The molecule has 2 aromatic carbocycles. The summed E-state index contributed by atoms with van der Waals surface area (Å²) in [6.07, 6.45) is 6.34. The van der Waals surface area contributed by atoms with Crippen LogP contribution in [-0.4, -0.2) is 49.1 Å². The summed E-state index contributed by atoms with van der Waals surface area (Å²) in [5.41, 5.74) is 0. The van der Waals surface area contributed by atoms with Gasteiger partial charge in [0.25, 0.3) is 0 Å². The van der Waals surface area contributed by atoms with Crippen molar-refractivity contribution in [2.45, 2.75) is 69.8 Å². The second-order valence-electron chi connectivity index (χ2n) is 8.08. The van der Waals surface area contributed by atoms with E-state index < -0.39 is 16.3 Å². The van der Waals surface area contributed by atoms with Crippen LogP contribution >= 0.6 is 0 Å². The molecule has 0 amide bonds. The van der Waals surface area contributed by atoms with Crippen LogP contribution in [0.5, 0.6) is 0 Å². The van der Waals surface area contributed by atoms with Crippen molar-refractivity contribution in [3.8, 4) is 0 Å². The zero-order chi connectivity index (χ0) is 24.1. The molecule has 0 aliphatic carbocycles. The minimum absolute atomic E-state index is 0.00801. The molecule has 0 spiro atoms. The van der Waals surface area contributed by atoms with Crippen molar-refractivity contribution in [3.05, 3.63) is 42.5 Å². The molecule has 1 aliphatic rings. The van der Waals surface area contributed by atoms with Crippen molar-refractivity contribution in [3.63, 3.8) is 0 Å².